The van der Waals surface area contributed by atoms with Crippen molar-refractivity contribution < 1.29 is 23.9 Å². The fourth-order valence-electron chi connectivity index (χ4n) is 1.05. The number of hydrogen-bond acceptors (Lipinski definition) is 5. The van der Waals surface area contributed by atoms with E-state index in [2.05, 4.69) is 10.1 Å². The van der Waals surface area contributed by atoms with Crippen molar-refractivity contribution >= 4 is 18.0 Å². The molecule has 0 aliphatic carbocycles. The van der Waals surface area contributed by atoms with Gasteiger partial charge in [0.15, 0.2) is 0 Å². The Hall–Kier alpha value is -1.79. The van der Waals surface area contributed by atoms with Gasteiger partial charge in [0.25, 0.3) is 0 Å². The van der Waals surface area contributed by atoms with Crippen LogP contribution in [0.2, 0.25) is 0 Å². The number of likely N-dealkylation sites (N-methyl/N-ethyl adjacent to an activating group) is 1. The molecular weight excluding hydrogens is 252 g/mol. The summed E-state index contributed by atoms with van der Waals surface area (Å²) >= 11 is 0. The number of hydrogen-bond donors (Lipinski definition) is 1. The third-order valence-corrected chi connectivity index (χ3v) is 2.28. The number of esters is 1. The Morgan fingerprint density at radius 1 is 1.26 bits per heavy atom. The molecule has 0 radical (unpaired) electrons. The quantitative estimate of drug-likeness (QED) is 0.756. The summed E-state index contributed by atoms with van der Waals surface area (Å²) < 4.78 is 9.53. The van der Waals surface area contributed by atoms with Crippen LogP contribution in [-0.4, -0.2) is 55.2 Å². The van der Waals surface area contributed by atoms with E-state index in [4.69, 9.17) is 4.74 Å². The van der Waals surface area contributed by atoms with E-state index in [1.165, 1.54) is 21.1 Å². The van der Waals surface area contributed by atoms with Crippen LogP contribution >= 0.6 is 0 Å². The van der Waals surface area contributed by atoms with Crippen LogP contribution in [0.4, 0.5) is 4.79 Å². The highest BCUT2D eigenvalue weighted by Gasteiger charge is 2.26. The highest BCUT2D eigenvalue weighted by Crippen LogP contribution is 2.10. The van der Waals surface area contributed by atoms with Gasteiger partial charge in [-0.3, -0.25) is 14.5 Å². The summed E-state index contributed by atoms with van der Waals surface area (Å²) in [4.78, 5) is 35.5. The second-order valence-electron chi connectivity index (χ2n) is 5.06. The Bertz CT molecular complexity index is 349. The summed E-state index contributed by atoms with van der Waals surface area (Å²) in [6.07, 6.45) is -0.604. The van der Waals surface area contributed by atoms with E-state index in [1.807, 2.05) is 0 Å². The van der Waals surface area contributed by atoms with Crippen LogP contribution in [0.5, 0.6) is 0 Å². The Morgan fingerprint density at radius 3 is 2.21 bits per heavy atom. The first-order chi connectivity index (χ1) is 8.58. The van der Waals surface area contributed by atoms with Gasteiger partial charge in [0, 0.05) is 7.05 Å². The van der Waals surface area contributed by atoms with Crippen molar-refractivity contribution in [1.29, 1.82) is 0 Å². The Kier molecular flexibility index (Phi) is 6.31. The van der Waals surface area contributed by atoms with Crippen LogP contribution in [0.1, 0.15) is 27.7 Å². The smallest absolute Gasteiger partial charge is 0.410 e. The topological polar surface area (TPSA) is 84.9 Å². The molecule has 0 bridgehead atoms. The molecule has 2 amide bonds. The number of amides is 2. The SMILES string of the molecule is COC(=O)CNC(=O)C(C)N(C)C(=O)OC(C)(C)C. The highest BCUT2D eigenvalue weighted by molar-refractivity contribution is 5.87. The lowest BCUT2D eigenvalue weighted by Crippen LogP contribution is -2.48. The zero-order valence-electron chi connectivity index (χ0n) is 12.3. The lowest BCUT2D eigenvalue weighted by molar-refractivity contribution is -0.141. The Morgan fingerprint density at radius 2 is 1.79 bits per heavy atom. The molecule has 0 rings (SSSR count). The molecular formula is C12H22N2O5. The number of ether oxygens (including phenoxy) is 2. The van der Waals surface area contributed by atoms with Gasteiger partial charge in [-0.15, -0.1) is 0 Å². The van der Waals surface area contributed by atoms with Crippen LogP contribution in [-0.2, 0) is 19.1 Å². The van der Waals surface area contributed by atoms with E-state index in [9.17, 15) is 14.4 Å². The van der Waals surface area contributed by atoms with E-state index >= 15 is 0 Å². The third-order valence-electron chi connectivity index (χ3n) is 2.28. The lowest BCUT2D eigenvalue weighted by atomic mass is 10.2. The Labute approximate surface area is 113 Å². The van der Waals surface area contributed by atoms with Crippen LogP contribution in [0, 0.1) is 0 Å². The fourth-order valence-corrected chi connectivity index (χ4v) is 1.05. The number of nitrogens with zero attached hydrogens (tertiary/aromatic N) is 1. The molecule has 0 aromatic carbocycles. The van der Waals surface area contributed by atoms with Crippen LogP contribution in [0.3, 0.4) is 0 Å². The predicted octanol–water partition coefficient (Wildman–Crippen LogP) is 0.531. The van der Waals surface area contributed by atoms with Gasteiger partial charge < -0.3 is 14.8 Å². The molecule has 0 saturated heterocycles. The zero-order valence-corrected chi connectivity index (χ0v) is 12.3. The second-order valence-corrected chi connectivity index (χ2v) is 5.06. The van der Waals surface area contributed by atoms with E-state index < -0.39 is 29.6 Å². The van der Waals surface area contributed by atoms with Gasteiger partial charge in [0.1, 0.15) is 18.2 Å². The summed E-state index contributed by atoms with van der Waals surface area (Å²) in [5.41, 5.74) is -0.631. The Balaban J connectivity index is 4.39. The zero-order chi connectivity index (χ0) is 15.2. The molecule has 0 aromatic rings. The molecule has 7 heteroatoms. The molecule has 0 saturated carbocycles. The van der Waals surface area contributed by atoms with Crippen molar-refractivity contribution in [2.45, 2.75) is 39.3 Å². The molecule has 7 nitrogen and oxygen atoms in total. The summed E-state index contributed by atoms with van der Waals surface area (Å²) in [7, 11) is 2.68. The second kappa shape index (κ2) is 6.96. The van der Waals surface area contributed by atoms with E-state index in [0.717, 1.165) is 4.90 Å². The van der Waals surface area contributed by atoms with Gasteiger partial charge in [-0.2, -0.15) is 0 Å². The monoisotopic (exact) mass is 274 g/mol. The van der Waals surface area contributed by atoms with Crippen molar-refractivity contribution in [1.82, 2.24) is 10.2 Å². The molecule has 0 spiro atoms. The molecule has 0 aliphatic heterocycles. The molecule has 19 heavy (non-hydrogen) atoms. The van der Waals surface area contributed by atoms with Crippen molar-refractivity contribution in [2.75, 3.05) is 20.7 Å². The van der Waals surface area contributed by atoms with E-state index in [0.29, 0.717) is 0 Å². The van der Waals surface area contributed by atoms with Crippen molar-refractivity contribution in [3.05, 3.63) is 0 Å². The molecule has 0 aliphatic rings. The summed E-state index contributed by atoms with van der Waals surface area (Å²) in [6.45, 7) is 6.51. The van der Waals surface area contributed by atoms with Crippen molar-refractivity contribution in [2.24, 2.45) is 0 Å². The predicted molar refractivity (Wildman–Crippen MR) is 68.5 cm³/mol. The van der Waals surface area contributed by atoms with Gasteiger partial charge in [-0.05, 0) is 27.7 Å². The molecule has 1 atom stereocenters. The summed E-state index contributed by atoms with van der Waals surface area (Å²) in [5.74, 6) is -1.01. The first-order valence-corrected chi connectivity index (χ1v) is 5.89. The third kappa shape index (κ3) is 6.64. The molecule has 1 N–H and O–H groups in total. The summed E-state index contributed by atoms with van der Waals surface area (Å²) in [6, 6.07) is -0.750. The average molecular weight is 274 g/mol. The van der Waals surface area contributed by atoms with Crippen LogP contribution in [0.15, 0.2) is 0 Å². The van der Waals surface area contributed by atoms with Gasteiger partial charge in [-0.1, -0.05) is 0 Å². The number of methoxy groups -OCH3 is 1. The maximum atomic E-state index is 11.7. The van der Waals surface area contributed by atoms with Crippen molar-refractivity contribution in [3.8, 4) is 0 Å². The normalized spacial score (nSPS) is 12.3. The maximum absolute atomic E-state index is 11.7. The fraction of sp³-hybridized carbons (Fsp3) is 0.750. The van der Waals surface area contributed by atoms with Gasteiger partial charge in [0.05, 0.1) is 7.11 Å². The lowest BCUT2D eigenvalue weighted by Gasteiger charge is -2.27. The average Bonchev–Trinajstić information content (AvgIpc) is 2.31. The standard InChI is InChI=1S/C12H22N2O5/c1-8(10(16)13-7-9(15)18-6)14(5)11(17)19-12(2,3)4/h8H,7H2,1-6H3,(H,13,16). The van der Waals surface area contributed by atoms with Crippen LogP contribution < -0.4 is 5.32 Å². The minimum absolute atomic E-state index is 0.234. The highest BCUT2D eigenvalue weighted by atomic mass is 16.6. The maximum Gasteiger partial charge on any atom is 0.410 e. The molecule has 0 heterocycles. The summed E-state index contributed by atoms with van der Waals surface area (Å²) in [5, 5.41) is 2.37. The van der Waals surface area contributed by atoms with Crippen molar-refractivity contribution in [3.63, 3.8) is 0 Å². The minimum Gasteiger partial charge on any atom is -0.468 e. The molecule has 1 unspecified atom stereocenters. The first kappa shape index (κ1) is 17.2. The molecule has 0 fully saturated rings. The van der Waals surface area contributed by atoms with Crippen LogP contribution in [0.25, 0.3) is 0 Å². The van der Waals surface area contributed by atoms with Gasteiger partial charge in [-0.25, -0.2) is 4.79 Å². The van der Waals surface area contributed by atoms with Gasteiger partial charge >= 0.3 is 12.1 Å². The van der Waals surface area contributed by atoms with Gasteiger partial charge in [0.2, 0.25) is 5.91 Å². The number of rotatable bonds is 4. The minimum atomic E-state index is -0.750. The van der Waals surface area contributed by atoms with E-state index in [1.54, 1.807) is 20.8 Å². The number of carbonyl (C=O) groups excluding carboxylic acids is 3. The number of carbonyl (C=O) groups is 3. The largest absolute Gasteiger partial charge is 0.468 e. The van der Waals surface area contributed by atoms with E-state index in [-0.39, 0.29) is 6.54 Å². The molecule has 0 aromatic heterocycles. The molecule has 110 valence electrons. The first-order valence-electron chi connectivity index (χ1n) is 5.89. The number of nitrogens with one attached hydrogen (secondary N) is 1.